The number of nitrogens with zero attached hydrogens (tertiary/aromatic N) is 3. The van der Waals surface area contributed by atoms with Gasteiger partial charge in [0.25, 0.3) is 0 Å². The second kappa shape index (κ2) is 5.23. The minimum absolute atomic E-state index is 0.548. The zero-order valence-corrected chi connectivity index (χ0v) is 12.3. The zero-order chi connectivity index (χ0) is 13.3. The third-order valence-corrected chi connectivity index (χ3v) is 4.82. The third kappa shape index (κ3) is 2.99. The maximum absolute atomic E-state index is 4.36. The van der Waals surface area contributed by atoms with Gasteiger partial charge in [-0.15, -0.1) is 10.2 Å². The summed E-state index contributed by atoms with van der Waals surface area (Å²) in [5.41, 5.74) is 0.548. The topological polar surface area (TPSA) is 42.7 Å². The summed E-state index contributed by atoms with van der Waals surface area (Å²) in [5.74, 6) is 2.33. The van der Waals surface area contributed by atoms with Crippen molar-refractivity contribution in [2.24, 2.45) is 5.41 Å². The quantitative estimate of drug-likeness (QED) is 0.910. The van der Waals surface area contributed by atoms with Crippen LogP contribution in [-0.4, -0.2) is 20.8 Å². The van der Waals surface area contributed by atoms with Gasteiger partial charge in [-0.25, -0.2) is 0 Å². The van der Waals surface area contributed by atoms with E-state index in [0.717, 1.165) is 25.3 Å². The molecule has 0 aromatic carbocycles. The molecule has 1 aromatic rings. The molecule has 19 heavy (non-hydrogen) atoms. The molecule has 2 aliphatic rings. The second-order valence-electron chi connectivity index (χ2n) is 6.96. The lowest BCUT2D eigenvalue weighted by Crippen LogP contribution is -2.35. The van der Waals surface area contributed by atoms with E-state index >= 15 is 0 Å². The average molecular weight is 262 g/mol. The molecule has 2 heterocycles. The minimum atomic E-state index is 0.548. The van der Waals surface area contributed by atoms with Crippen LogP contribution in [0.2, 0.25) is 0 Å². The van der Waals surface area contributed by atoms with Crippen LogP contribution in [0.4, 0.5) is 0 Å². The van der Waals surface area contributed by atoms with Crippen molar-refractivity contribution in [1.29, 1.82) is 0 Å². The van der Waals surface area contributed by atoms with E-state index in [1.54, 1.807) is 0 Å². The predicted molar refractivity (Wildman–Crippen MR) is 75.8 cm³/mol. The number of hydrogen-bond acceptors (Lipinski definition) is 3. The van der Waals surface area contributed by atoms with Gasteiger partial charge in [-0.2, -0.15) is 0 Å². The SMILES string of the molecule is CC1(C)CCC(NCc2nnc3n2CCCC3)CC1. The van der Waals surface area contributed by atoms with E-state index in [0.29, 0.717) is 11.5 Å². The van der Waals surface area contributed by atoms with Crippen molar-refractivity contribution in [2.75, 3.05) is 0 Å². The van der Waals surface area contributed by atoms with Crippen LogP contribution in [0.3, 0.4) is 0 Å². The Morgan fingerprint density at radius 3 is 2.79 bits per heavy atom. The monoisotopic (exact) mass is 262 g/mol. The molecule has 0 radical (unpaired) electrons. The molecule has 1 N–H and O–H groups in total. The molecule has 0 spiro atoms. The molecule has 1 saturated carbocycles. The summed E-state index contributed by atoms with van der Waals surface area (Å²) in [7, 11) is 0. The van der Waals surface area contributed by atoms with Gasteiger partial charge in [0, 0.05) is 19.0 Å². The third-order valence-electron chi connectivity index (χ3n) is 4.82. The molecule has 1 fully saturated rings. The normalized spacial score (nSPS) is 23.3. The standard InChI is InChI=1S/C15H26N4/c1-15(2)8-6-12(7-9-15)16-11-14-18-17-13-5-3-4-10-19(13)14/h12,16H,3-11H2,1-2H3. The fourth-order valence-electron chi connectivity index (χ4n) is 3.34. The van der Waals surface area contributed by atoms with Crippen LogP contribution in [0, 0.1) is 5.41 Å². The number of hydrogen-bond donors (Lipinski definition) is 1. The largest absolute Gasteiger partial charge is 0.314 e. The molecule has 4 heteroatoms. The molecule has 1 aromatic heterocycles. The summed E-state index contributed by atoms with van der Waals surface area (Å²) >= 11 is 0. The van der Waals surface area contributed by atoms with Crippen LogP contribution in [0.5, 0.6) is 0 Å². The van der Waals surface area contributed by atoms with Crippen LogP contribution in [-0.2, 0) is 19.5 Å². The van der Waals surface area contributed by atoms with Crippen molar-refractivity contribution in [3.05, 3.63) is 11.6 Å². The number of aromatic nitrogens is 3. The second-order valence-corrected chi connectivity index (χ2v) is 6.96. The van der Waals surface area contributed by atoms with Crippen LogP contribution < -0.4 is 5.32 Å². The van der Waals surface area contributed by atoms with E-state index in [1.807, 2.05) is 0 Å². The fourth-order valence-corrected chi connectivity index (χ4v) is 3.34. The summed E-state index contributed by atoms with van der Waals surface area (Å²) in [6.07, 6.45) is 8.91. The van der Waals surface area contributed by atoms with Gasteiger partial charge in [0.1, 0.15) is 11.6 Å². The lowest BCUT2D eigenvalue weighted by molar-refractivity contribution is 0.205. The molecule has 1 aliphatic heterocycles. The van der Waals surface area contributed by atoms with Crippen molar-refractivity contribution in [1.82, 2.24) is 20.1 Å². The molecule has 106 valence electrons. The van der Waals surface area contributed by atoms with Crippen molar-refractivity contribution >= 4 is 0 Å². The van der Waals surface area contributed by atoms with Gasteiger partial charge in [0.05, 0.1) is 6.54 Å². The van der Waals surface area contributed by atoms with Crippen molar-refractivity contribution in [2.45, 2.75) is 77.9 Å². The van der Waals surface area contributed by atoms with Crippen molar-refractivity contribution < 1.29 is 0 Å². The van der Waals surface area contributed by atoms with Gasteiger partial charge in [0.2, 0.25) is 0 Å². The minimum Gasteiger partial charge on any atom is -0.314 e. The highest BCUT2D eigenvalue weighted by Gasteiger charge is 2.26. The molecular weight excluding hydrogens is 236 g/mol. The maximum atomic E-state index is 4.36. The van der Waals surface area contributed by atoms with E-state index < -0.39 is 0 Å². The number of rotatable bonds is 3. The maximum Gasteiger partial charge on any atom is 0.147 e. The first-order valence-electron chi connectivity index (χ1n) is 7.78. The van der Waals surface area contributed by atoms with Gasteiger partial charge in [-0.05, 0) is 43.9 Å². The molecule has 0 amide bonds. The molecule has 4 nitrogen and oxygen atoms in total. The molecule has 0 saturated heterocycles. The van der Waals surface area contributed by atoms with E-state index in [-0.39, 0.29) is 0 Å². The summed E-state index contributed by atoms with van der Waals surface area (Å²) in [5, 5.41) is 12.4. The van der Waals surface area contributed by atoms with Crippen molar-refractivity contribution in [3.63, 3.8) is 0 Å². The Hall–Kier alpha value is -0.900. The highest BCUT2D eigenvalue weighted by Crippen LogP contribution is 2.35. The van der Waals surface area contributed by atoms with Gasteiger partial charge < -0.3 is 9.88 Å². The van der Waals surface area contributed by atoms with Crippen LogP contribution >= 0.6 is 0 Å². The molecule has 0 bridgehead atoms. The Labute approximate surface area is 116 Å². The molecule has 3 rings (SSSR count). The summed E-state index contributed by atoms with van der Waals surface area (Å²) < 4.78 is 2.32. The molecule has 1 aliphatic carbocycles. The van der Waals surface area contributed by atoms with E-state index in [4.69, 9.17) is 0 Å². The predicted octanol–water partition coefficient (Wildman–Crippen LogP) is 2.67. The van der Waals surface area contributed by atoms with Crippen molar-refractivity contribution in [3.8, 4) is 0 Å². The Bertz CT molecular complexity index is 425. The highest BCUT2D eigenvalue weighted by molar-refractivity contribution is 4.99. The van der Waals surface area contributed by atoms with E-state index in [1.165, 1.54) is 44.3 Å². The highest BCUT2D eigenvalue weighted by atomic mass is 15.3. The van der Waals surface area contributed by atoms with Gasteiger partial charge >= 0.3 is 0 Å². The molecule has 0 atom stereocenters. The van der Waals surface area contributed by atoms with Crippen LogP contribution in [0.15, 0.2) is 0 Å². The lowest BCUT2D eigenvalue weighted by atomic mass is 9.75. The van der Waals surface area contributed by atoms with E-state index in [2.05, 4.69) is 33.9 Å². The van der Waals surface area contributed by atoms with E-state index in [9.17, 15) is 0 Å². The first kappa shape index (κ1) is 13.1. The summed E-state index contributed by atoms with van der Waals surface area (Å²) in [6, 6.07) is 0.671. The smallest absolute Gasteiger partial charge is 0.147 e. The molecular formula is C15H26N4. The Morgan fingerprint density at radius 2 is 2.00 bits per heavy atom. The Morgan fingerprint density at radius 1 is 1.21 bits per heavy atom. The van der Waals surface area contributed by atoms with Gasteiger partial charge in [0.15, 0.2) is 0 Å². The first-order valence-corrected chi connectivity index (χ1v) is 7.78. The zero-order valence-electron chi connectivity index (χ0n) is 12.3. The van der Waals surface area contributed by atoms with Gasteiger partial charge in [-0.1, -0.05) is 13.8 Å². The summed E-state index contributed by atoms with van der Waals surface area (Å²) in [6.45, 7) is 6.77. The number of aryl methyl sites for hydroxylation is 1. The Kier molecular flexibility index (Phi) is 3.61. The fraction of sp³-hybridized carbons (Fsp3) is 0.867. The first-order chi connectivity index (χ1) is 9.14. The van der Waals surface area contributed by atoms with Crippen LogP contribution in [0.1, 0.15) is 64.0 Å². The van der Waals surface area contributed by atoms with Gasteiger partial charge in [-0.3, -0.25) is 0 Å². The lowest BCUT2D eigenvalue weighted by Gasteiger charge is -2.34. The number of fused-ring (bicyclic) bond motifs is 1. The average Bonchev–Trinajstić information content (AvgIpc) is 2.81. The van der Waals surface area contributed by atoms with Crippen LogP contribution in [0.25, 0.3) is 0 Å². The summed E-state index contributed by atoms with van der Waals surface area (Å²) in [4.78, 5) is 0. The number of nitrogens with one attached hydrogen (secondary N) is 1. The molecule has 0 unspecified atom stereocenters. The Balaban J connectivity index is 1.54.